The van der Waals surface area contributed by atoms with Gasteiger partial charge < -0.3 is 19.4 Å². The van der Waals surface area contributed by atoms with Crippen molar-refractivity contribution in [3.05, 3.63) is 89.7 Å². The highest BCUT2D eigenvalue weighted by molar-refractivity contribution is 5.78. The van der Waals surface area contributed by atoms with Crippen LogP contribution in [0.1, 0.15) is 29.8 Å². The Labute approximate surface area is 200 Å². The molecule has 6 heteroatoms. The summed E-state index contributed by atoms with van der Waals surface area (Å²) < 4.78 is 13.7. The van der Waals surface area contributed by atoms with Gasteiger partial charge >= 0.3 is 0 Å². The first kappa shape index (κ1) is 23.4. The van der Waals surface area contributed by atoms with E-state index in [0.29, 0.717) is 18.9 Å². The third kappa shape index (κ3) is 6.16. The Hall–Kier alpha value is -3.80. The van der Waals surface area contributed by atoms with Crippen molar-refractivity contribution in [3.63, 3.8) is 0 Å². The van der Waals surface area contributed by atoms with E-state index < -0.39 is 0 Å². The predicted octanol–water partition coefficient (Wildman–Crippen LogP) is 5.21. The highest BCUT2D eigenvalue weighted by Gasteiger charge is 2.12. The summed E-state index contributed by atoms with van der Waals surface area (Å²) in [7, 11) is 0. The van der Waals surface area contributed by atoms with Crippen LogP contribution in [-0.2, 0) is 17.9 Å². The number of aryl methyl sites for hydroxylation is 3. The standard InChI is InChI=1S/C28H31N3O3/c1-21-14-15-26(22(2)18-21)33-17-9-8-16-31-25-13-7-6-12-24(25)30-27(31)19-29-28(32)20-34-23-10-4-3-5-11-23/h3-7,10-15,18H,8-9,16-17,19-20H2,1-2H3,(H,29,32). The van der Waals surface area contributed by atoms with Crippen molar-refractivity contribution < 1.29 is 14.3 Å². The maximum atomic E-state index is 12.3. The molecule has 4 aromatic rings. The molecular formula is C28H31N3O3. The van der Waals surface area contributed by atoms with Gasteiger partial charge in [0.15, 0.2) is 6.61 Å². The molecule has 0 aliphatic rings. The van der Waals surface area contributed by atoms with E-state index in [1.54, 1.807) is 0 Å². The molecule has 0 aliphatic heterocycles. The van der Waals surface area contributed by atoms with E-state index in [1.165, 1.54) is 5.56 Å². The topological polar surface area (TPSA) is 65.4 Å². The molecule has 0 aliphatic carbocycles. The molecular weight excluding hydrogens is 426 g/mol. The van der Waals surface area contributed by atoms with Crippen LogP contribution in [0.15, 0.2) is 72.8 Å². The Balaban J connectivity index is 1.31. The van der Waals surface area contributed by atoms with Crippen LogP contribution in [0.2, 0.25) is 0 Å². The monoisotopic (exact) mass is 457 g/mol. The Morgan fingerprint density at radius 2 is 1.74 bits per heavy atom. The second kappa shape index (κ2) is 11.4. The Morgan fingerprint density at radius 3 is 2.56 bits per heavy atom. The predicted molar refractivity (Wildman–Crippen MR) is 134 cm³/mol. The molecule has 1 heterocycles. The van der Waals surface area contributed by atoms with Crippen LogP contribution in [0.5, 0.6) is 11.5 Å². The molecule has 0 saturated carbocycles. The highest BCUT2D eigenvalue weighted by Crippen LogP contribution is 2.20. The fourth-order valence-corrected chi connectivity index (χ4v) is 3.92. The number of hydrogen-bond acceptors (Lipinski definition) is 4. The van der Waals surface area contributed by atoms with E-state index in [0.717, 1.165) is 47.6 Å². The molecule has 1 aromatic heterocycles. The number of rotatable bonds is 11. The van der Waals surface area contributed by atoms with E-state index in [1.807, 2.05) is 54.6 Å². The lowest BCUT2D eigenvalue weighted by Gasteiger charge is -2.12. The number of ether oxygens (including phenoxy) is 2. The van der Waals surface area contributed by atoms with Crippen LogP contribution in [0.3, 0.4) is 0 Å². The normalized spacial score (nSPS) is 10.9. The number of carbonyl (C=O) groups is 1. The second-order valence-electron chi connectivity index (χ2n) is 8.37. The van der Waals surface area contributed by atoms with Crippen molar-refractivity contribution in [2.75, 3.05) is 13.2 Å². The second-order valence-corrected chi connectivity index (χ2v) is 8.37. The molecule has 0 bridgehead atoms. The summed E-state index contributed by atoms with van der Waals surface area (Å²) in [6, 6.07) is 23.6. The Bertz CT molecular complexity index is 1230. The number of hydrogen-bond donors (Lipinski definition) is 1. The maximum Gasteiger partial charge on any atom is 0.258 e. The van der Waals surface area contributed by atoms with Crippen molar-refractivity contribution in [1.29, 1.82) is 0 Å². The molecule has 4 rings (SSSR count). The van der Waals surface area contributed by atoms with E-state index in [2.05, 4.69) is 41.9 Å². The summed E-state index contributed by atoms with van der Waals surface area (Å²) in [4.78, 5) is 17.1. The number of nitrogens with zero attached hydrogens (tertiary/aromatic N) is 2. The molecule has 0 radical (unpaired) electrons. The zero-order chi connectivity index (χ0) is 23.8. The van der Waals surface area contributed by atoms with Gasteiger partial charge in [-0.25, -0.2) is 4.98 Å². The quantitative estimate of drug-likeness (QED) is 0.314. The molecule has 0 atom stereocenters. The number of unbranched alkanes of at least 4 members (excludes halogenated alkanes) is 1. The van der Waals surface area contributed by atoms with Crippen molar-refractivity contribution in [3.8, 4) is 11.5 Å². The average Bonchev–Trinajstić information content (AvgIpc) is 3.20. The highest BCUT2D eigenvalue weighted by atomic mass is 16.5. The van der Waals surface area contributed by atoms with Gasteiger partial charge in [0, 0.05) is 6.54 Å². The molecule has 0 saturated heterocycles. The molecule has 0 fully saturated rings. The Kier molecular flexibility index (Phi) is 7.81. The molecule has 3 aromatic carbocycles. The first-order valence-electron chi connectivity index (χ1n) is 11.7. The lowest BCUT2D eigenvalue weighted by atomic mass is 10.1. The van der Waals surface area contributed by atoms with Gasteiger partial charge in [-0.15, -0.1) is 0 Å². The molecule has 34 heavy (non-hydrogen) atoms. The van der Waals surface area contributed by atoms with Gasteiger partial charge in [0.1, 0.15) is 17.3 Å². The van der Waals surface area contributed by atoms with Crippen LogP contribution in [0.25, 0.3) is 11.0 Å². The zero-order valence-corrected chi connectivity index (χ0v) is 19.8. The molecule has 0 unspecified atom stereocenters. The minimum Gasteiger partial charge on any atom is -0.493 e. The smallest absolute Gasteiger partial charge is 0.258 e. The average molecular weight is 458 g/mol. The lowest BCUT2D eigenvalue weighted by Crippen LogP contribution is -2.29. The van der Waals surface area contributed by atoms with Gasteiger partial charge in [0.2, 0.25) is 0 Å². The van der Waals surface area contributed by atoms with E-state index >= 15 is 0 Å². The van der Waals surface area contributed by atoms with Crippen molar-refractivity contribution in [2.24, 2.45) is 0 Å². The summed E-state index contributed by atoms with van der Waals surface area (Å²) in [5, 5.41) is 2.93. The van der Waals surface area contributed by atoms with Crippen molar-refractivity contribution >= 4 is 16.9 Å². The number of carbonyl (C=O) groups excluding carboxylic acids is 1. The summed E-state index contributed by atoms with van der Waals surface area (Å²) in [6.07, 6.45) is 1.87. The van der Waals surface area contributed by atoms with E-state index in [-0.39, 0.29) is 12.5 Å². The van der Waals surface area contributed by atoms with Gasteiger partial charge in [-0.05, 0) is 62.6 Å². The minimum atomic E-state index is -0.177. The van der Waals surface area contributed by atoms with Crippen LogP contribution < -0.4 is 14.8 Å². The number of amides is 1. The first-order chi connectivity index (χ1) is 16.6. The van der Waals surface area contributed by atoms with Crippen LogP contribution in [-0.4, -0.2) is 28.7 Å². The summed E-state index contributed by atoms with van der Waals surface area (Å²) in [5.41, 5.74) is 4.40. The number of fused-ring (bicyclic) bond motifs is 1. The van der Waals surface area contributed by atoms with Crippen LogP contribution >= 0.6 is 0 Å². The summed E-state index contributed by atoms with van der Waals surface area (Å²) in [6.45, 7) is 5.96. The van der Waals surface area contributed by atoms with Crippen molar-refractivity contribution in [1.82, 2.24) is 14.9 Å². The molecule has 6 nitrogen and oxygen atoms in total. The number of aromatic nitrogens is 2. The lowest BCUT2D eigenvalue weighted by molar-refractivity contribution is -0.123. The zero-order valence-electron chi connectivity index (χ0n) is 19.8. The summed E-state index contributed by atoms with van der Waals surface area (Å²) in [5.74, 6) is 2.28. The van der Waals surface area contributed by atoms with E-state index in [9.17, 15) is 4.79 Å². The fraction of sp³-hybridized carbons (Fsp3) is 0.286. The third-order valence-electron chi connectivity index (χ3n) is 5.65. The molecule has 0 spiro atoms. The number of para-hydroxylation sites is 3. The minimum absolute atomic E-state index is 0.0278. The largest absolute Gasteiger partial charge is 0.493 e. The van der Waals surface area contributed by atoms with Gasteiger partial charge in [0.25, 0.3) is 5.91 Å². The number of nitrogens with one attached hydrogen (secondary N) is 1. The summed E-state index contributed by atoms with van der Waals surface area (Å²) >= 11 is 0. The van der Waals surface area contributed by atoms with Crippen LogP contribution in [0.4, 0.5) is 0 Å². The van der Waals surface area contributed by atoms with Crippen LogP contribution in [0, 0.1) is 13.8 Å². The fourth-order valence-electron chi connectivity index (χ4n) is 3.92. The third-order valence-corrected chi connectivity index (χ3v) is 5.65. The number of imidazole rings is 1. The number of benzene rings is 3. The Morgan fingerprint density at radius 1 is 0.941 bits per heavy atom. The van der Waals surface area contributed by atoms with E-state index in [4.69, 9.17) is 14.5 Å². The molecule has 176 valence electrons. The van der Waals surface area contributed by atoms with Gasteiger partial charge in [-0.2, -0.15) is 0 Å². The van der Waals surface area contributed by atoms with Gasteiger partial charge in [0.05, 0.1) is 24.2 Å². The van der Waals surface area contributed by atoms with Crippen molar-refractivity contribution in [2.45, 2.75) is 39.8 Å². The molecule has 1 N–H and O–H groups in total. The SMILES string of the molecule is Cc1ccc(OCCCCn2c(CNC(=O)COc3ccccc3)nc3ccccc32)c(C)c1. The molecule has 1 amide bonds. The first-order valence-corrected chi connectivity index (χ1v) is 11.7. The van der Waals surface area contributed by atoms with Gasteiger partial charge in [-0.1, -0.05) is 48.0 Å². The van der Waals surface area contributed by atoms with Gasteiger partial charge in [-0.3, -0.25) is 4.79 Å². The maximum absolute atomic E-state index is 12.3.